The maximum atomic E-state index is 11.4. The molecule has 1 aliphatic rings. The van der Waals surface area contributed by atoms with E-state index in [1.54, 1.807) is 19.0 Å². The van der Waals surface area contributed by atoms with E-state index in [-0.39, 0.29) is 11.8 Å². The van der Waals surface area contributed by atoms with Gasteiger partial charge in [0, 0.05) is 32.6 Å². The van der Waals surface area contributed by atoms with E-state index in [0.717, 1.165) is 23.4 Å². The maximum absolute atomic E-state index is 11.4. The molecule has 1 aromatic carbocycles. The van der Waals surface area contributed by atoms with Crippen LogP contribution in [0.4, 0.5) is 5.69 Å². The highest BCUT2D eigenvalue weighted by Gasteiger charge is 2.15. The van der Waals surface area contributed by atoms with Crippen molar-refractivity contribution in [2.45, 2.75) is 25.7 Å². The molecule has 5 nitrogen and oxygen atoms in total. The zero-order valence-electron chi connectivity index (χ0n) is 11.9. The van der Waals surface area contributed by atoms with Gasteiger partial charge in [0.1, 0.15) is 5.75 Å². The Kier molecular flexibility index (Phi) is 4.61. The number of carbonyl (C=O) groups excluding carboxylic acids is 2. The zero-order chi connectivity index (χ0) is 14.5. The van der Waals surface area contributed by atoms with Gasteiger partial charge in [0.25, 0.3) is 0 Å². The first kappa shape index (κ1) is 14.4. The van der Waals surface area contributed by atoms with Gasteiger partial charge >= 0.3 is 0 Å². The number of nitrogens with one attached hydrogen (secondary N) is 1. The summed E-state index contributed by atoms with van der Waals surface area (Å²) in [7, 11) is 3.50. The van der Waals surface area contributed by atoms with Crippen molar-refractivity contribution in [3.05, 3.63) is 23.8 Å². The average molecular weight is 276 g/mol. The van der Waals surface area contributed by atoms with Crippen LogP contribution in [0.2, 0.25) is 0 Å². The SMILES string of the molecule is CN(C)C(=O)CCCOc1ccc2c(c1)CCC(=O)N2. The summed E-state index contributed by atoms with van der Waals surface area (Å²) in [5.41, 5.74) is 1.97. The lowest BCUT2D eigenvalue weighted by Crippen LogP contribution is -2.21. The molecule has 0 bridgehead atoms. The molecule has 0 aliphatic carbocycles. The fourth-order valence-corrected chi connectivity index (χ4v) is 2.09. The molecule has 1 aliphatic heterocycles. The maximum Gasteiger partial charge on any atom is 0.224 e. The van der Waals surface area contributed by atoms with Crippen LogP contribution in [0.15, 0.2) is 18.2 Å². The molecule has 1 aromatic rings. The second-order valence-corrected chi connectivity index (χ2v) is 5.11. The largest absolute Gasteiger partial charge is 0.494 e. The number of benzene rings is 1. The number of anilines is 1. The van der Waals surface area contributed by atoms with Gasteiger partial charge in [0.05, 0.1) is 6.61 Å². The van der Waals surface area contributed by atoms with Gasteiger partial charge in [-0.2, -0.15) is 0 Å². The minimum atomic E-state index is 0.0633. The van der Waals surface area contributed by atoms with Crippen LogP contribution in [0, 0.1) is 0 Å². The van der Waals surface area contributed by atoms with Crippen molar-refractivity contribution in [2.75, 3.05) is 26.0 Å². The molecule has 0 unspecified atom stereocenters. The number of fused-ring (bicyclic) bond motifs is 1. The molecule has 0 radical (unpaired) electrons. The molecule has 1 heterocycles. The van der Waals surface area contributed by atoms with E-state index < -0.39 is 0 Å². The smallest absolute Gasteiger partial charge is 0.224 e. The van der Waals surface area contributed by atoms with Gasteiger partial charge in [-0.1, -0.05) is 0 Å². The molecule has 108 valence electrons. The lowest BCUT2D eigenvalue weighted by Gasteiger charge is -2.17. The number of hydrogen-bond acceptors (Lipinski definition) is 3. The minimum Gasteiger partial charge on any atom is -0.494 e. The quantitative estimate of drug-likeness (QED) is 0.835. The Morgan fingerprint density at radius 2 is 2.15 bits per heavy atom. The molecule has 0 atom stereocenters. The molecular formula is C15H20N2O3. The highest BCUT2D eigenvalue weighted by molar-refractivity contribution is 5.93. The first-order valence-electron chi connectivity index (χ1n) is 6.82. The third-order valence-corrected chi connectivity index (χ3v) is 3.27. The van der Waals surface area contributed by atoms with Crippen LogP contribution in [0.3, 0.4) is 0 Å². The van der Waals surface area contributed by atoms with Gasteiger partial charge in [-0.3, -0.25) is 9.59 Å². The van der Waals surface area contributed by atoms with Crippen molar-refractivity contribution in [1.29, 1.82) is 0 Å². The highest BCUT2D eigenvalue weighted by Crippen LogP contribution is 2.26. The van der Waals surface area contributed by atoms with E-state index in [1.807, 2.05) is 18.2 Å². The molecule has 5 heteroatoms. The molecule has 1 N–H and O–H groups in total. The van der Waals surface area contributed by atoms with Gasteiger partial charge in [0.2, 0.25) is 11.8 Å². The Labute approximate surface area is 118 Å². The van der Waals surface area contributed by atoms with Crippen molar-refractivity contribution in [3.8, 4) is 5.75 Å². The molecule has 0 spiro atoms. The van der Waals surface area contributed by atoms with E-state index in [2.05, 4.69) is 5.32 Å². The van der Waals surface area contributed by atoms with E-state index in [1.165, 1.54) is 0 Å². The second kappa shape index (κ2) is 6.41. The summed E-state index contributed by atoms with van der Waals surface area (Å²) in [6, 6.07) is 5.67. The van der Waals surface area contributed by atoms with Crippen LogP contribution in [-0.4, -0.2) is 37.4 Å². The van der Waals surface area contributed by atoms with Crippen molar-refractivity contribution in [1.82, 2.24) is 4.90 Å². The molecule has 0 saturated carbocycles. The Hall–Kier alpha value is -2.04. The van der Waals surface area contributed by atoms with Gasteiger partial charge in [-0.15, -0.1) is 0 Å². The predicted octanol–water partition coefficient (Wildman–Crippen LogP) is 1.82. The van der Waals surface area contributed by atoms with Crippen LogP contribution >= 0.6 is 0 Å². The summed E-state index contributed by atoms with van der Waals surface area (Å²) in [5, 5.41) is 2.84. The summed E-state index contributed by atoms with van der Waals surface area (Å²) in [5.74, 6) is 0.965. The van der Waals surface area contributed by atoms with Crippen molar-refractivity contribution >= 4 is 17.5 Å². The summed E-state index contributed by atoms with van der Waals surface area (Å²) < 4.78 is 5.65. The van der Waals surface area contributed by atoms with E-state index >= 15 is 0 Å². The van der Waals surface area contributed by atoms with E-state index in [0.29, 0.717) is 25.9 Å². The predicted molar refractivity (Wildman–Crippen MR) is 76.8 cm³/mol. The summed E-state index contributed by atoms with van der Waals surface area (Å²) in [6.07, 6.45) is 2.46. The summed E-state index contributed by atoms with van der Waals surface area (Å²) >= 11 is 0. The fourth-order valence-electron chi connectivity index (χ4n) is 2.09. The van der Waals surface area contributed by atoms with Crippen LogP contribution in [0.25, 0.3) is 0 Å². The average Bonchev–Trinajstić information content (AvgIpc) is 2.43. The van der Waals surface area contributed by atoms with Gasteiger partial charge in [0.15, 0.2) is 0 Å². The number of ether oxygens (including phenoxy) is 1. The number of amides is 2. The van der Waals surface area contributed by atoms with Gasteiger partial charge in [-0.05, 0) is 36.6 Å². The van der Waals surface area contributed by atoms with Crippen molar-refractivity contribution in [2.24, 2.45) is 0 Å². The molecule has 2 amide bonds. The number of aryl methyl sites for hydroxylation is 1. The third kappa shape index (κ3) is 3.73. The highest BCUT2D eigenvalue weighted by atomic mass is 16.5. The Balaban J connectivity index is 1.82. The van der Waals surface area contributed by atoms with E-state index in [4.69, 9.17) is 4.74 Å². The van der Waals surface area contributed by atoms with Crippen LogP contribution in [-0.2, 0) is 16.0 Å². The normalized spacial score (nSPS) is 13.4. The molecule has 0 fully saturated rings. The topological polar surface area (TPSA) is 58.6 Å². The Bertz CT molecular complexity index is 512. The molecule has 0 aromatic heterocycles. The molecule has 0 saturated heterocycles. The van der Waals surface area contributed by atoms with Gasteiger partial charge < -0.3 is 15.0 Å². The molecule has 20 heavy (non-hydrogen) atoms. The Morgan fingerprint density at radius 3 is 2.90 bits per heavy atom. The number of nitrogens with zero attached hydrogens (tertiary/aromatic N) is 1. The number of rotatable bonds is 5. The van der Waals surface area contributed by atoms with Gasteiger partial charge in [-0.25, -0.2) is 0 Å². The third-order valence-electron chi connectivity index (χ3n) is 3.27. The van der Waals surface area contributed by atoms with Crippen LogP contribution < -0.4 is 10.1 Å². The first-order chi connectivity index (χ1) is 9.56. The lowest BCUT2D eigenvalue weighted by molar-refractivity contribution is -0.128. The number of carbonyl (C=O) groups is 2. The standard InChI is InChI=1S/C15H20N2O3/c1-17(2)15(19)4-3-9-20-12-6-7-13-11(10-12)5-8-14(18)16-13/h6-7,10H,3-5,8-9H2,1-2H3,(H,16,18). The second-order valence-electron chi connectivity index (χ2n) is 5.11. The van der Waals surface area contributed by atoms with Crippen LogP contribution in [0.1, 0.15) is 24.8 Å². The monoisotopic (exact) mass is 276 g/mol. The van der Waals surface area contributed by atoms with Crippen LogP contribution in [0.5, 0.6) is 5.75 Å². The zero-order valence-corrected chi connectivity index (χ0v) is 11.9. The fraction of sp³-hybridized carbons (Fsp3) is 0.467. The minimum absolute atomic E-state index is 0.0633. The first-order valence-corrected chi connectivity index (χ1v) is 6.82. The summed E-state index contributed by atoms with van der Waals surface area (Å²) in [6.45, 7) is 0.519. The Morgan fingerprint density at radius 1 is 1.35 bits per heavy atom. The van der Waals surface area contributed by atoms with Crippen molar-refractivity contribution < 1.29 is 14.3 Å². The lowest BCUT2D eigenvalue weighted by atomic mass is 10.0. The van der Waals surface area contributed by atoms with E-state index in [9.17, 15) is 9.59 Å². The summed E-state index contributed by atoms with van der Waals surface area (Å²) in [4.78, 5) is 24.3. The molecular weight excluding hydrogens is 256 g/mol. The molecule has 2 rings (SSSR count). The van der Waals surface area contributed by atoms with Crippen molar-refractivity contribution in [3.63, 3.8) is 0 Å². The number of hydrogen-bond donors (Lipinski definition) is 1.